The summed E-state index contributed by atoms with van der Waals surface area (Å²) >= 11 is 0. The van der Waals surface area contributed by atoms with Gasteiger partial charge in [-0.3, -0.25) is 0 Å². The van der Waals surface area contributed by atoms with Crippen LogP contribution in [0.2, 0.25) is 0 Å². The van der Waals surface area contributed by atoms with Gasteiger partial charge in [0, 0.05) is 18.5 Å². The van der Waals surface area contributed by atoms with Crippen molar-refractivity contribution >= 4 is 0 Å². The molecule has 1 aliphatic carbocycles. The number of benzene rings is 2. The third kappa shape index (κ3) is 1.42. The molecule has 0 bridgehead atoms. The van der Waals surface area contributed by atoms with Gasteiger partial charge in [-0.2, -0.15) is 0 Å². The summed E-state index contributed by atoms with van der Waals surface area (Å²) in [7, 11) is 0. The van der Waals surface area contributed by atoms with Crippen molar-refractivity contribution in [1.29, 1.82) is 0 Å². The van der Waals surface area contributed by atoms with Crippen molar-refractivity contribution in [3.63, 3.8) is 0 Å². The Morgan fingerprint density at radius 2 is 1.58 bits per heavy atom. The predicted molar refractivity (Wildman–Crippen MR) is 73.5 cm³/mol. The molecular formula is C16H15NO2. The third-order valence-electron chi connectivity index (χ3n) is 4.41. The van der Waals surface area contributed by atoms with Crippen molar-refractivity contribution in [3.05, 3.63) is 47.5 Å². The van der Waals surface area contributed by atoms with Gasteiger partial charge in [-0.05, 0) is 52.9 Å². The number of phenols is 2. The number of rotatable bonds is 0. The first-order chi connectivity index (χ1) is 9.18. The van der Waals surface area contributed by atoms with Crippen molar-refractivity contribution in [1.82, 2.24) is 5.32 Å². The number of aromatic hydroxyl groups is 2. The lowest BCUT2D eigenvalue weighted by molar-refractivity contribution is 0.271. The molecule has 0 aromatic heterocycles. The van der Waals surface area contributed by atoms with Crippen molar-refractivity contribution in [2.24, 2.45) is 0 Å². The van der Waals surface area contributed by atoms with Crippen molar-refractivity contribution < 1.29 is 10.2 Å². The Labute approximate surface area is 111 Å². The molecule has 2 aromatic rings. The molecule has 0 saturated carbocycles. The lowest BCUT2D eigenvalue weighted by Gasteiger charge is -2.47. The SMILES string of the molecule is Oc1ccc2c(c1)CC1(CNC1)c1cc(O)ccc1-2. The van der Waals surface area contributed by atoms with Gasteiger partial charge in [0.1, 0.15) is 11.5 Å². The van der Waals surface area contributed by atoms with E-state index in [0.717, 1.165) is 19.5 Å². The van der Waals surface area contributed by atoms with E-state index in [0.29, 0.717) is 11.5 Å². The standard InChI is InChI=1S/C16H15NO2/c18-11-1-3-13-10(5-11)7-16(8-17-9-16)15-6-12(19)2-4-14(13)15/h1-6,17-19H,7-9H2. The molecule has 2 aliphatic rings. The van der Waals surface area contributed by atoms with Crippen molar-refractivity contribution in [3.8, 4) is 22.6 Å². The fourth-order valence-corrected chi connectivity index (χ4v) is 3.40. The van der Waals surface area contributed by atoms with Crippen molar-refractivity contribution in [2.75, 3.05) is 13.1 Å². The Morgan fingerprint density at radius 1 is 0.895 bits per heavy atom. The van der Waals surface area contributed by atoms with Gasteiger partial charge in [0.25, 0.3) is 0 Å². The van der Waals surface area contributed by atoms with E-state index in [2.05, 4.69) is 5.32 Å². The predicted octanol–water partition coefficient (Wildman–Crippen LogP) is 2.16. The first-order valence-corrected chi connectivity index (χ1v) is 6.54. The molecule has 1 spiro atoms. The molecule has 3 nitrogen and oxygen atoms in total. The molecule has 3 N–H and O–H groups in total. The molecule has 1 saturated heterocycles. The Hall–Kier alpha value is -2.00. The second-order valence-electron chi connectivity index (χ2n) is 5.63. The van der Waals surface area contributed by atoms with Gasteiger partial charge in [0.2, 0.25) is 0 Å². The minimum absolute atomic E-state index is 0.0782. The molecule has 1 heterocycles. The van der Waals surface area contributed by atoms with E-state index in [4.69, 9.17) is 0 Å². The molecule has 4 rings (SSSR count). The van der Waals surface area contributed by atoms with Crippen molar-refractivity contribution in [2.45, 2.75) is 11.8 Å². The van der Waals surface area contributed by atoms with E-state index in [1.807, 2.05) is 24.3 Å². The van der Waals surface area contributed by atoms with E-state index in [1.54, 1.807) is 12.1 Å². The van der Waals surface area contributed by atoms with Crippen LogP contribution in [0.25, 0.3) is 11.1 Å². The minimum atomic E-state index is 0.0782. The summed E-state index contributed by atoms with van der Waals surface area (Å²) in [4.78, 5) is 0. The fourth-order valence-electron chi connectivity index (χ4n) is 3.40. The fraction of sp³-hybridized carbons (Fsp3) is 0.250. The van der Waals surface area contributed by atoms with E-state index < -0.39 is 0 Å². The molecule has 3 heteroatoms. The number of hydrogen-bond acceptors (Lipinski definition) is 3. The van der Waals surface area contributed by atoms with Crippen LogP contribution >= 0.6 is 0 Å². The third-order valence-corrected chi connectivity index (χ3v) is 4.41. The molecule has 0 unspecified atom stereocenters. The van der Waals surface area contributed by atoms with Gasteiger partial charge in [0.15, 0.2) is 0 Å². The normalized spacial score (nSPS) is 18.5. The van der Waals surface area contributed by atoms with Crippen LogP contribution in [0.15, 0.2) is 36.4 Å². The number of phenolic OH excluding ortho intramolecular Hbond substituents is 2. The van der Waals surface area contributed by atoms with E-state index in [9.17, 15) is 10.2 Å². The van der Waals surface area contributed by atoms with Crippen LogP contribution in [0.1, 0.15) is 11.1 Å². The molecule has 96 valence electrons. The molecule has 0 radical (unpaired) electrons. The minimum Gasteiger partial charge on any atom is -0.508 e. The quantitative estimate of drug-likeness (QED) is 0.674. The second-order valence-corrected chi connectivity index (χ2v) is 5.63. The monoisotopic (exact) mass is 253 g/mol. The van der Waals surface area contributed by atoms with Gasteiger partial charge in [0.05, 0.1) is 0 Å². The number of nitrogens with one attached hydrogen (secondary N) is 1. The summed E-state index contributed by atoms with van der Waals surface area (Å²) in [5.74, 6) is 0.649. The van der Waals surface area contributed by atoms with E-state index >= 15 is 0 Å². The summed E-state index contributed by atoms with van der Waals surface area (Å²) in [6.45, 7) is 1.86. The summed E-state index contributed by atoms with van der Waals surface area (Å²) in [5.41, 5.74) is 4.85. The summed E-state index contributed by atoms with van der Waals surface area (Å²) < 4.78 is 0. The van der Waals surface area contributed by atoms with E-state index in [1.165, 1.54) is 22.3 Å². The zero-order valence-corrected chi connectivity index (χ0v) is 10.5. The Morgan fingerprint density at radius 3 is 2.26 bits per heavy atom. The summed E-state index contributed by atoms with van der Waals surface area (Å²) in [6, 6.07) is 11.2. The zero-order chi connectivity index (χ0) is 13.0. The van der Waals surface area contributed by atoms with Gasteiger partial charge in [-0.25, -0.2) is 0 Å². The highest BCUT2D eigenvalue weighted by Crippen LogP contribution is 2.46. The first-order valence-electron chi connectivity index (χ1n) is 6.54. The van der Waals surface area contributed by atoms with Crippen LogP contribution in [-0.4, -0.2) is 23.3 Å². The smallest absolute Gasteiger partial charge is 0.115 e. The molecular weight excluding hydrogens is 238 g/mol. The molecule has 0 atom stereocenters. The van der Waals surface area contributed by atoms with Crippen LogP contribution in [0, 0.1) is 0 Å². The molecule has 1 aliphatic heterocycles. The lowest BCUT2D eigenvalue weighted by atomic mass is 9.64. The van der Waals surface area contributed by atoms with Crippen LogP contribution in [0.4, 0.5) is 0 Å². The maximum Gasteiger partial charge on any atom is 0.115 e. The van der Waals surface area contributed by atoms with Crippen LogP contribution in [0.3, 0.4) is 0 Å². The summed E-state index contributed by atoms with van der Waals surface area (Å²) in [6.07, 6.45) is 0.917. The van der Waals surface area contributed by atoms with Crippen LogP contribution in [0.5, 0.6) is 11.5 Å². The lowest BCUT2D eigenvalue weighted by Crippen LogP contribution is -2.59. The first kappa shape index (κ1) is 10.9. The van der Waals surface area contributed by atoms with Gasteiger partial charge in [-0.1, -0.05) is 12.1 Å². The maximum atomic E-state index is 9.77. The Balaban J connectivity index is 2.00. The average molecular weight is 253 g/mol. The number of fused-ring (bicyclic) bond motifs is 4. The highest BCUT2D eigenvalue weighted by atomic mass is 16.3. The van der Waals surface area contributed by atoms with Gasteiger partial charge in [-0.15, -0.1) is 0 Å². The Kier molecular flexibility index (Phi) is 2.01. The Bertz CT molecular complexity index is 674. The summed E-state index contributed by atoms with van der Waals surface area (Å²) in [5, 5.41) is 22.8. The highest BCUT2D eigenvalue weighted by molar-refractivity contribution is 5.77. The zero-order valence-electron chi connectivity index (χ0n) is 10.5. The molecule has 0 amide bonds. The molecule has 1 fully saturated rings. The number of hydrogen-bond donors (Lipinski definition) is 3. The molecule has 2 aromatic carbocycles. The second kappa shape index (κ2) is 3.52. The average Bonchev–Trinajstić information content (AvgIpc) is 2.35. The van der Waals surface area contributed by atoms with Crippen LogP contribution < -0.4 is 5.32 Å². The topological polar surface area (TPSA) is 52.5 Å². The van der Waals surface area contributed by atoms with E-state index in [-0.39, 0.29) is 5.41 Å². The largest absolute Gasteiger partial charge is 0.508 e. The maximum absolute atomic E-state index is 9.77. The highest BCUT2D eigenvalue weighted by Gasteiger charge is 2.43. The molecule has 19 heavy (non-hydrogen) atoms. The van der Waals surface area contributed by atoms with Crippen LogP contribution in [-0.2, 0) is 11.8 Å². The van der Waals surface area contributed by atoms with Gasteiger partial charge >= 0.3 is 0 Å². The van der Waals surface area contributed by atoms with Gasteiger partial charge < -0.3 is 15.5 Å².